The summed E-state index contributed by atoms with van der Waals surface area (Å²) in [5.41, 5.74) is 6.17. The molecule has 0 bridgehead atoms. The van der Waals surface area contributed by atoms with E-state index in [1.807, 2.05) is 19.9 Å². The molecule has 2 aromatic rings. The molecule has 1 aromatic heterocycles. The van der Waals surface area contributed by atoms with Crippen LogP contribution in [0.15, 0.2) is 16.9 Å². The number of amides is 1. The van der Waals surface area contributed by atoms with E-state index in [0.717, 1.165) is 47.5 Å². The van der Waals surface area contributed by atoms with E-state index in [4.69, 9.17) is 11.6 Å². The molecule has 1 N–H and O–H groups in total. The van der Waals surface area contributed by atoms with Crippen molar-refractivity contribution in [3.8, 4) is 0 Å². The first-order valence-electron chi connectivity index (χ1n) is 10.7. The first kappa shape index (κ1) is 21.1. The van der Waals surface area contributed by atoms with Gasteiger partial charge in [0.05, 0.1) is 17.1 Å². The zero-order valence-corrected chi connectivity index (χ0v) is 19.2. The summed E-state index contributed by atoms with van der Waals surface area (Å²) in [5, 5.41) is 0.599. The number of rotatable bonds is 4. The van der Waals surface area contributed by atoms with Gasteiger partial charge in [0.15, 0.2) is 0 Å². The molecule has 30 heavy (non-hydrogen) atoms. The molecule has 4 rings (SSSR count). The Hall–Kier alpha value is -2.11. The molecule has 5 nitrogen and oxygen atoms in total. The van der Waals surface area contributed by atoms with Gasteiger partial charge < -0.3 is 14.8 Å². The van der Waals surface area contributed by atoms with Gasteiger partial charge in [0, 0.05) is 30.9 Å². The molecule has 2 aliphatic heterocycles. The molecule has 1 saturated heterocycles. The average molecular weight is 428 g/mol. The normalized spacial score (nSPS) is 18.3. The van der Waals surface area contributed by atoms with Crippen LogP contribution < -0.4 is 5.56 Å². The zero-order valence-electron chi connectivity index (χ0n) is 18.4. The van der Waals surface area contributed by atoms with Crippen molar-refractivity contribution in [2.45, 2.75) is 46.6 Å². The second-order valence-corrected chi connectivity index (χ2v) is 9.52. The van der Waals surface area contributed by atoms with Crippen molar-refractivity contribution in [1.29, 1.82) is 0 Å². The zero-order chi connectivity index (χ0) is 21.7. The Kier molecular flexibility index (Phi) is 5.54. The molecule has 0 spiro atoms. The van der Waals surface area contributed by atoms with Crippen LogP contribution in [0.25, 0.3) is 0 Å². The summed E-state index contributed by atoms with van der Waals surface area (Å²) < 4.78 is 0. The van der Waals surface area contributed by atoms with Gasteiger partial charge in [-0.25, -0.2) is 0 Å². The molecule has 1 aromatic carbocycles. The summed E-state index contributed by atoms with van der Waals surface area (Å²) in [4.78, 5) is 32.9. The summed E-state index contributed by atoms with van der Waals surface area (Å²) in [7, 11) is 2.12. The first-order valence-corrected chi connectivity index (χ1v) is 11.0. The smallest absolute Gasteiger partial charge is 0.255 e. The Labute approximate surface area is 183 Å². The number of likely N-dealkylation sites (tertiary alicyclic amines) is 1. The number of carbonyl (C=O) groups excluding carboxylic acids is 1. The Morgan fingerprint density at radius 3 is 2.50 bits per heavy atom. The molecule has 1 unspecified atom stereocenters. The number of nitrogens with one attached hydrogen (secondary N) is 1. The molecule has 0 aliphatic carbocycles. The molecule has 0 saturated carbocycles. The van der Waals surface area contributed by atoms with Gasteiger partial charge >= 0.3 is 0 Å². The van der Waals surface area contributed by atoms with Gasteiger partial charge in [-0.15, -0.1) is 0 Å². The van der Waals surface area contributed by atoms with E-state index in [2.05, 4.69) is 36.8 Å². The van der Waals surface area contributed by atoms with E-state index in [-0.39, 0.29) is 11.5 Å². The minimum Gasteiger partial charge on any atom is -0.334 e. The topological polar surface area (TPSA) is 56.4 Å². The van der Waals surface area contributed by atoms with Gasteiger partial charge in [-0.05, 0) is 74.4 Å². The number of H-pyrrole nitrogens is 1. The third-order valence-corrected chi connectivity index (χ3v) is 7.30. The van der Waals surface area contributed by atoms with Crippen LogP contribution in [0.5, 0.6) is 0 Å². The second kappa shape index (κ2) is 7.86. The number of aromatic nitrogens is 1. The Morgan fingerprint density at radius 2 is 1.87 bits per heavy atom. The Morgan fingerprint density at radius 1 is 1.17 bits per heavy atom. The third kappa shape index (κ3) is 3.58. The van der Waals surface area contributed by atoms with Crippen LogP contribution >= 0.6 is 11.6 Å². The molecule has 160 valence electrons. The highest BCUT2D eigenvalue weighted by molar-refractivity contribution is 6.35. The minimum absolute atomic E-state index is 0.0662. The fourth-order valence-corrected chi connectivity index (χ4v) is 5.40. The maximum Gasteiger partial charge on any atom is 0.255 e. The van der Waals surface area contributed by atoms with Crippen molar-refractivity contribution >= 4 is 17.5 Å². The maximum atomic E-state index is 13.5. The largest absolute Gasteiger partial charge is 0.334 e. The van der Waals surface area contributed by atoms with Gasteiger partial charge in [0.1, 0.15) is 0 Å². The van der Waals surface area contributed by atoms with Gasteiger partial charge in [0.25, 0.3) is 11.5 Å². The van der Waals surface area contributed by atoms with Crippen molar-refractivity contribution < 1.29 is 4.79 Å². The van der Waals surface area contributed by atoms with E-state index in [9.17, 15) is 9.59 Å². The number of hydrogen-bond donors (Lipinski definition) is 1. The van der Waals surface area contributed by atoms with Crippen LogP contribution in [-0.4, -0.2) is 47.4 Å². The summed E-state index contributed by atoms with van der Waals surface area (Å²) >= 11 is 6.87. The minimum atomic E-state index is -0.121. The number of halogens is 1. The number of benzene rings is 1. The lowest BCUT2D eigenvalue weighted by Crippen LogP contribution is -2.46. The van der Waals surface area contributed by atoms with Crippen LogP contribution in [0.2, 0.25) is 5.02 Å². The number of hydrogen-bond acceptors (Lipinski definition) is 3. The predicted octanol–water partition coefficient (Wildman–Crippen LogP) is 3.82. The number of aryl methyl sites for hydroxylation is 3. The van der Waals surface area contributed by atoms with Crippen molar-refractivity contribution in [2.75, 3.05) is 26.7 Å². The Balaban J connectivity index is 1.68. The summed E-state index contributed by atoms with van der Waals surface area (Å²) in [6.45, 7) is 11.1. The van der Waals surface area contributed by atoms with Crippen molar-refractivity contribution in [2.24, 2.45) is 5.92 Å². The molecule has 1 atom stereocenters. The summed E-state index contributed by atoms with van der Waals surface area (Å²) in [6.07, 6.45) is 0.760. The highest BCUT2D eigenvalue weighted by atomic mass is 35.5. The van der Waals surface area contributed by atoms with Crippen LogP contribution in [0.4, 0.5) is 0 Å². The van der Waals surface area contributed by atoms with Crippen LogP contribution in [0, 0.1) is 26.7 Å². The van der Waals surface area contributed by atoms with Crippen LogP contribution in [-0.2, 0) is 13.0 Å². The molecule has 6 heteroatoms. The second-order valence-electron chi connectivity index (χ2n) is 9.14. The predicted molar refractivity (Wildman–Crippen MR) is 121 cm³/mol. The molecular weight excluding hydrogens is 398 g/mol. The monoisotopic (exact) mass is 427 g/mol. The average Bonchev–Trinajstić information content (AvgIpc) is 2.65. The number of carbonyl (C=O) groups is 1. The van der Waals surface area contributed by atoms with Crippen LogP contribution in [0.1, 0.15) is 56.7 Å². The number of pyridine rings is 1. The fourth-order valence-electron chi connectivity index (χ4n) is 4.98. The number of fused-ring (bicyclic) bond motifs is 1. The molecule has 3 heterocycles. The third-order valence-electron chi connectivity index (χ3n) is 6.89. The number of aromatic amines is 1. The molecule has 0 radical (unpaired) electrons. The first-order chi connectivity index (χ1) is 14.2. The van der Waals surface area contributed by atoms with Gasteiger partial charge in [-0.2, -0.15) is 0 Å². The van der Waals surface area contributed by atoms with Crippen molar-refractivity contribution in [3.05, 3.63) is 66.6 Å². The summed E-state index contributed by atoms with van der Waals surface area (Å²) in [5.74, 6) is 0.806. The van der Waals surface area contributed by atoms with E-state index >= 15 is 0 Å². The van der Waals surface area contributed by atoms with Crippen molar-refractivity contribution in [3.63, 3.8) is 0 Å². The van der Waals surface area contributed by atoms with Gasteiger partial charge in [-0.3, -0.25) is 9.59 Å². The van der Waals surface area contributed by atoms with Gasteiger partial charge in [0.2, 0.25) is 0 Å². The maximum absolute atomic E-state index is 13.5. The van der Waals surface area contributed by atoms with Gasteiger partial charge in [-0.1, -0.05) is 24.6 Å². The van der Waals surface area contributed by atoms with E-state index in [0.29, 0.717) is 41.1 Å². The molecule has 1 amide bonds. The van der Waals surface area contributed by atoms with E-state index < -0.39 is 0 Å². The molecule has 2 aliphatic rings. The summed E-state index contributed by atoms with van der Waals surface area (Å²) in [6, 6.07) is 4.13. The number of nitrogens with zero attached hydrogens (tertiary/aromatic N) is 2. The lowest BCUT2D eigenvalue weighted by atomic mass is 9.80. The van der Waals surface area contributed by atoms with Crippen molar-refractivity contribution in [1.82, 2.24) is 14.8 Å². The molecular formula is C24H30ClN3O2. The standard InChI is InChI=1S/C24H30ClN3O2/c1-13-8-15(3)26-23(29)20(13)12-28-7-6-18-14(2)9-19(22(25)21(18)24(28)30)16(4)17-10-27(5)11-17/h8-9,16-17H,6-7,10-12H2,1-5H3,(H,26,29). The molecule has 1 fully saturated rings. The fraction of sp³-hybridized carbons (Fsp3) is 0.500. The SMILES string of the molecule is Cc1cc(C)c(CN2CCc3c(C)cc(C(C)C4CN(C)C4)c(Cl)c3C2=O)c(=O)[nH]1. The highest BCUT2D eigenvalue weighted by Gasteiger charge is 2.35. The van der Waals surface area contributed by atoms with Crippen LogP contribution in [0.3, 0.4) is 0 Å². The van der Waals surface area contributed by atoms with E-state index in [1.165, 1.54) is 0 Å². The lowest BCUT2D eigenvalue weighted by Gasteiger charge is -2.41. The quantitative estimate of drug-likeness (QED) is 0.807. The highest BCUT2D eigenvalue weighted by Crippen LogP contribution is 2.40. The lowest BCUT2D eigenvalue weighted by molar-refractivity contribution is 0.0725. The van der Waals surface area contributed by atoms with E-state index in [1.54, 1.807) is 4.90 Å². The Bertz CT molecular complexity index is 1070.